The molecule has 1 unspecified atom stereocenters. The van der Waals surface area contributed by atoms with Gasteiger partial charge in [-0.2, -0.15) is 0 Å². The number of carbonyl (C=O) groups is 3. The Bertz CT molecular complexity index is 986. The van der Waals surface area contributed by atoms with Crippen molar-refractivity contribution in [3.8, 4) is 5.75 Å². The third kappa shape index (κ3) is 5.11. The molecule has 3 amide bonds. The second-order valence-electron chi connectivity index (χ2n) is 7.80. The summed E-state index contributed by atoms with van der Waals surface area (Å²) in [6.07, 6.45) is 0.618. The summed E-state index contributed by atoms with van der Waals surface area (Å²) < 4.78 is 10.7. The van der Waals surface area contributed by atoms with E-state index in [1.165, 1.54) is 11.0 Å². The highest BCUT2D eigenvalue weighted by molar-refractivity contribution is 6.22. The van der Waals surface area contributed by atoms with Crippen LogP contribution in [0, 0.1) is 0 Å². The van der Waals surface area contributed by atoms with Crippen LogP contribution in [0.4, 0.5) is 0 Å². The second-order valence-corrected chi connectivity index (χ2v) is 7.80. The third-order valence-corrected chi connectivity index (χ3v) is 5.04. The van der Waals surface area contributed by atoms with Crippen molar-refractivity contribution >= 4 is 17.7 Å². The lowest BCUT2D eigenvalue weighted by Crippen LogP contribution is -2.31. The van der Waals surface area contributed by atoms with Crippen LogP contribution in [-0.2, 0) is 4.74 Å². The number of rotatable bonds is 9. The Hall–Kier alpha value is -3.19. The van der Waals surface area contributed by atoms with Gasteiger partial charge in [0.25, 0.3) is 17.7 Å². The number of nitrogens with zero attached hydrogens (tertiary/aromatic N) is 1. The van der Waals surface area contributed by atoms with Gasteiger partial charge in [-0.3, -0.25) is 19.3 Å². The number of fused-ring (bicyclic) bond motifs is 1. The van der Waals surface area contributed by atoms with Gasteiger partial charge in [-0.05, 0) is 63.1 Å². The molecule has 1 N–H and O–H groups in total. The fourth-order valence-electron chi connectivity index (χ4n) is 3.49. The number of methoxy groups -OCH3 is 1. The zero-order valence-corrected chi connectivity index (χ0v) is 18.3. The van der Waals surface area contributed by atoms with E-state index in [9.17, 15) is 14.4 Å². The van der Waals surface area contributed by atoms with E-state index in [1.54, 1.807) is 19.2 Å². The molecule has 2 aromatic carbocycles. The van der Waals surface area contributed by atoms with Gasteiger partial charge in [-0.1, -0.05) is 12.1 Å². The maximum Gasteiger partial charge on any atom is 0.261 e. The van der Waals surface area contributed by atoms with Crippen molar-refractivity contribution in [2.24, 2.45) is 0 Å². The van der Waals surface area contributed by atoms with Gasteiger partial charge in [0.2, 0.25) is 0 Å². The molecule has 7 heteroatoms. The first-order valence-corrected chi connectivity index (χ1v) is 10.4. The highest BCUT2D eigenvalue weighted by Gasteiger charge is 2.35. The maximum absolute atomic E-state index is 12.8. The number of ether oxygens (including phenoxy) is 2. The molecule has 0 aromatic heterocycles. The first kappa shape index (κ1) is 22.5. The summed E-state index contributed by atoms with van der Waals surface area (Å²) in [5.41, 5.74) is 1.82. The van der Waals surface area contributed by atoms with E-state index in [1.807, 2.05) is 45.0 Å². The monoisotopic (exact) mass is 424 g/mol. The fourth-order valence-corrected chi connectivity index (χ4v) is 3.49. The number of benzene rings is 2. The molecule has 0 bridgehead atoms. The van der Waals surface area contributed by atoms with Gasteiger partial charge in [-0.25, -0.2) is 0 Å². The van der Waals surface area contributed by atoms with Crippen molar-refractivity contribution in [3.63, 3.8) is 0 Å². The SMILES string of the molecule is COCCCN1C(=O)c2ccc(C(=O)NC(C)c3cccc(OC(C)C)c3)cc2C1=O. The molecule has 0 fully saturated rings. The number of hydrogen-bond acceptors (Lipinski definition) is 5. The predicted octanol–water partition coefficient (Wildman–Crippen LogP) is 3.60. The fraction of sp³-hybridized carbons (Fsp3) is 0.375. The Labute approximate surface area is 182 Å². The second kappa shape index (κ2) is 9.75. The van der Waals surface area contributed by atoms with Crippen LogP contribution < -0.4 is 10.1 Å². The average molecular weight is 424 g/mol. The lowest BCUT2D eigenvalue weighted by Gasteiger charge is -2.17. The van der Waals surface area contributed by atoms with E-state index in [0.717, 1.165) is 11.3 Å². The van der Waals surface area contributed by atoms with Gasteiger partial charge < -0.3 is 14.8 Å². The summed E-state index contributed by atoms with van der Waals surface area (Å²) in [6.45, 7) is 6.54. The summed E-state index contributed by atoms with van der Waals surface area (Å²) >= 11 is 0. The van der Waals surface area contributed by atoms with Crippen LogP contribution in [0.2, 0.25) is 0 Å². The predicted molar refractivity (Wildman–Crippen MR) is 116 cm³/mol. The Morgan fingerprint density at radius 3 is 2.48 bits per heavy atom. The Morgan fingerprint density at radius 2 is 1.77 bits per heavy atom. The largest absolute Gasteiger partial charge is 0.491 e. The van der Waals surface area contributed by atoms with Gasteiger partial charge in [0.1, 0.15) is 5.75 Å². The summed E-state index contributed by atoms with van der Waals surface area (Å²) in [6, 6.07) is 11.9. The molecule has 31 heavy (non-hydrogen) atoms. The van der Waals surface area contributed by atoms with Crippen molar-refractivity contribution in [2.45, 2.75) is 39.3 Å². The van der Waals surface area contributed by atoms with Gasteiger partial charge in [0.05, 0.1) is 23.3 Å². The van der Waals surface area contributed by atoms with E-state index >= 15 is 0 Å². The standard InChI is InChI=1S/C24H28N2O5/c1-15(2)31-19-8-5-7-17(13-19)16(3)25-22(27)18-9-10-20-21(14-18)24(29)26(23(20)28)11-6-12-30-4/h5,7-10,13-16H,6,11-12H2,1-4H3,(H,25,27). The summed E-state index contributed by atoms with van der Waals surface area (Å²) in [4.78, 5) is 39.2. The molecule has 1 atom stereocenters. The number of hydrogen-bond donors (Lipinski definition) is 1. The molecule has 1 heterocycles. The molecule has 0 radical (unpaired) electrons. The van der Waals surface area contributed by atoms with Crippen molar-refractivity contribution in [2.75, 3.05) is 20.3 Å². The highest BCUT2D eigenvalue weighted by atomic mass is 16.5. The first-order valence-electron chi connectivity index (χ1n) is 10.4. The lowest BCUT2D eigenvalue weighted by atomic mass is 10.0. The molecular formula is C24H28N2O5. The molecule has 0 saturated carbocycles. The van der Waals surface area contributed by atoms with Crippen LogP contribution in [0.1, 0.15) is 69.9 Å². The van der Waals surface area contributed by atoms with E-state index in [-0.39, 0.29) is 42.0 Å². The van der Waals surface area contributed by atoms with Gasteiger partial charge in [0.15, 0.2) is 0 Å². The molecule has 1 aliphatic heterocycles. The molecule has 7 nitrogen and oxygen atoms in total. The summed E-state index contributed by atoms with van der Waals surface area (Å²) in [5.74, 6) is -0.289. The van der Waals surface area contributed by atoms with Gasteiger partial charge in [-0.15, -0.1) is 0 Å². The molecule has 0 spiro atoms. The lowest BCUT2D eigenvalue weighted by molar-refractivity contribution is 0.0638. The maximum atomic E-state index is 12.8. The van der Waals surface area contributed by atoms with Gasteiger partial charge in [0, 0.05) is 25.8 Å². The van der Waals surface area contributed by atoms with E-state index in [0.29, 0.717) is 24.2 Å². The topological polar surface area (TPSA) is 84.9 Å². The normalized spacial score (nSPS) is 14.0. The molecule has 0 aliphatic carbocycles. The summed E-state index contributed by atoms with van der Waals surface area (Å²) in [7, 11) is 1.57. The zero-order chi connectivity index (χ0) is 22.5. The number of carbonyl (C=O) groups excluding carboxylic acids is 3. The highest BCUT2D eigenvalue weighted by Crippen LogP contribution is 2.25. The van der Waals surface area contributed by atoms with Crippen molar-refractivity contribution < 1.29 is 23.9 Å². The molecule has 0 saturated heterocycles. The smallest absolute Gasteiger partial charge is 0.261 e. The number of imide groups is 1. The number of amides is 3. The minimum atomic E-state index is -0.377. The average Bonchev–Trinajstić information content (AvgIpc) is 2.98. The molecule has 164 valence electrons. The van der Waals surface area contributed by atoms with Crippen LogP contribution in [0.25, 0.3) is 0 Å². The van der Waals surface area contributed by atoms with E-state index in [2.05, 4.69) is 5.32 Å². The molecular weight excluding hydrogens is 396 g/mol. The van der Waals surface area contributed by atoms with Crippen LogP contribution in [-0.4, -0.2) is 49.0 Å². The number of nitrogens with one attached hydrogen (secondary N) is 1. The Morgan fingerprint density at radius 1 is 1.03 bits per heavy atom. The van der Waals surface area contributed by atoms with Crippen molar-refractivity contribution in [1.82, 2.24) is 10.2 Å². The van der Waals surface area contributed by atoms with Crippen LogP contribution >= 0.6 is 0 Å². The molecule has 3 rings (SSSR count). The van der Waals surface area contributed by atoms with E-state index in [4.69, 9.17) is 9.47 Å². The Balaban J connectivity index is 1.72. The zero-order valence-electron chi connectivity index (χ0n) is 18.3. The summed E-state index contributed by atoms with van der Waals surface area (Å²) in [5, 5.41) is 2.94. The first-order chi connectivity index (χ1) is 14.8. The van der Waals surface area contributed by atoms with Gasteiger partial charge >= 0.3 is 0 Å². The minimum Gasteiger partial charge on any atom is -0.491 e. The minimum absolute atomic E-state index is 0.0564. The third-order valence-electron chi connectivity index (χ3n) is 5.04. The molecule has 2 aromatic rings. The Kier molecular flexibility index (Phi) is 7.07. The van der Waals surface area contributed by atoms with Crippen LogP contribution in [0.3, 0.4) is 0 Å². The van der Waals surface area contributed by atoms with Crippen molar-refractivity contribution in [1.29, 1.82) is 0 Å². The van der Waals surface area contributed by atoms with Crippen LogP contribution in [0.15, 0.2) is 42.5 Å². The van der Waals surface area contributed by atoms with Crippen LogP contribution in [0.5, 0.6) is 5.75 Å². The quantitative estimate of drug-likeness (QED) is 0.491. The van der Waals surface area contributed by atoms with Crippen molar-refractivity contribution in [3.05, 3.63) is 64.7 Å². The molecule has 1 aliphatic rings. The van der Waals surface area contributed by atoms with E-state index < -0.39 is 0 Å².